The molecule has 0 unspecified atom stereocenters. The zero-order valence-corrected chi connectivity index (χ0v) is 20.9. The molecule has 2 heterocycles. The predicted molar refractivity (Wildman–Crippen MR) is 152 cm³/mol. The van der Waals surface area contributed by atoms with Gasteiger partial charge in [0.15, 0.2) is 6.29 Å². The SMILES string of the molecule is COc1ccccc1-c1ccc(-n2c3ccccc3c3cc4c(cc32)Sc2ccccc2N4)cc1C=O. The van der Waals surface area contributed by atoms with Crippen molar-refractivity contribution in [2.24, 2.45) is 0 Å². The van der Waals surface area contributed by atoms with Gasteiger partial charge in [-0.15, -0.1) is 0 Å². The van der Waals surface area contributed by atoms with Gasteiger partial charge >= 0.3 is 0 Å². The molecule has 4 nitrogen and oxygen atoms in total. The minimum atomic E-state index is 0.621. The topological polar surface area (TPSA) is 43.3 Å². The van der Waals surface area contributed by atoms with E-state index in [1.165, 1.54) is 20.6 Å². The van der Waals surface area contributed by atoms with E-state index in [1.54, 1.807) is 18.9 Å². The number of carbonyl (C=O) groups excluding carboxylic acids is 1. The van der Waals surface area contributed by atoms with E-state index in [1.807, 2.05) is 36.4 Å². The van der Waals surface area contributed by atoms with Gasteiger partial charge in [-0.2, -0.15) is 0 Å². The summed E-state index contributed by atoms with van der Waals surface area (Å²) in [5.41, 5.74) is 7.77. The lowest BCUT2D eigenvalue weighted by molar-refractivity contribution is 0.112. The number of nitrogens with one attached hydrogen (secondary N) is 1. The zero-order chi connectivity index (χ0) is 24.9. The Bertz CT molecular complexity index is 1850. The summed E-state index contributed by atoms with van der Waals surface area (Å²) in [4.78, 5) is 14.7. The van der Waals surface area contributed by atoms with Crippen molar-refractivity contribution in [2.45, 2.75) is 9.79 Å². The molecule has 0 saturated heterocycles. The fourth-order valence-electron chi connectivity index (χ4n) is 5.28. The molecule has 5 aromatic carbocycles. The summed E-state index contributed by atoms with van der Waals surface area (Å²) in [6.45, 7) is 0. The van der Waals surface area contributed by atoms with Gasteiger partial charge in [-0.3, -0.25) is 4.79 Å². The number of aromatic nitrogens is 1. The lowest BCUT2D eigenvalue weighted by atomic mass is 9.98. The fraction of sp³-hybridized carbons (Fsp3) is 0.0312. The second kappa shape index (κ2) is 8.57. The Kier molecular flexibility index (Phi) is 5.05. The third-order valence-corrected chi connectivity index (χ3v) is 8.10. The summed E-state index contributed by atoms with van der Waals surface area (Å²) < 4.78 is 7.82. The first-order valence-electron chi connectivity index (χ1n) is 12.1. The summed E-state index contributed by atoms with van der Waals surface area (Å²) in [5, 5.41) is 5.96. The molecule has 0 spiro atoms. The van der Waals surface area contributed by atoms with Gasteiger partial charge in [0, 0.05) is 37.4 Å². The van der Waals surface area contributed by atoms with Crippen LogP contribution in [0.25, 0.3) is 38.6 Å². The smallest absolute Gasteiger partial charge is 0.150 e. The molecule has 7 rings (SSSR count). The van der Waals surface area contributed by atoms with Gasteiger partial charge in [0.25, 0.3) is 0 Å². The Morgan fingerprint density at radius 1 is 0.730 bits per heavy atom. The highest BCUT2D eigenvalue weighted by Crippen LogP contribution is 2.47. The number of anilines is 2. The number of benzene rings is 5. The molecule has 1 aliphatic heterocycles. The van der Waals surface area contributed by atoms with Crippen molar-refractivity contribution in [3.63, 3.8) is 0 Å². The van der Waals surface area contributed by atoms with Crippen molar-refractivity contribution < 1.29 is 9.53 Å². The number of fused-ring (bicyclic) bond motifs is 5. The first-order chi connectivity index (χ1) is 18.2. The lowest BCUT2D eigenvalue weighted by Crippen LogP contribution is -2.01. The summed E-state index contributed by atoms with van der Waals surface area (Å²) in [5.74, 6) is 0.742. The van der Waals surface area contributed by atoms with Crippen LogP contribution in [0.2, 0.25) is 0 Å². The average molecular weight is 499 g/mol. The molecule has 0 fully saturated rings. The Morgan fingerprint density at radius 3 is 2.43 bits per heavy atom. The van der Waals surface area contributed by atoms with E-state index in [0.717, 1.165) is 51.3 Å². The minimum absolute atomic E-state index is 0.621. The third-order valence-electron chi connectivity index (χ3n) is 6.97. The minimum Gasteiger partial charge on any atom is -0.496 e. The second-order valence-corrected chi connectivity index (χ2v) is 10.1. The zero-order valence-electron chi connectivity index (χ0n) is 20.1. The Hall–Kier alpha value is -4.48. The first kappa shape index (κ1) is 21.8. The third kappa shape index (κ3) is 3.43. The van der Waals surface area contributed by atoms with Crippen LogP contribution < -0.4 is 10.1 Å². The molecular weight excluding hydrogens is 476 g/mol. The molecular formula is C32H22N2O2S. The monoisotopic (exact) mass is 498 g/mol. The molecule has 178 valence electrons. The maximum atomic E-state index is 12.3. The van der Waals surface area contributed by atoms with Crippen LogP contribution in [0.4, 0.5) is 11.4 Å². The molecule has 0 amide bonds. The van der Waals surface area contributed by atoms with Crippen molar-refractivity contribution >= 4 is 51.2 Å². The molecule has 1 N–H and O–H groups in total. The highest BCUT2D eigenvalue weighted by Gasteiger charge is 2.21. The van der Waals surface area contributed by atoms with E-state index >= 15 is 0 Å². The van der Waals surface area contributed by atoms with Gasteiger partial charge in [0.05, 0.1) is 29.5 Å². The van der Waals surface area contributed by atoms with E-state index < -0.39 is 0 Å². The normalized spacial score (nSPS) is 12.1. The molecule has 0 radical (unpaired) electrons. The number of hydrogen-bond acceptors (Lipinski definition) is 4. The van der Waals surface area contributed by atoms with Gasteiger partial charge in [0.1, 0.15) is 5.75 Å². The van der Waals surface area contributed by atoms with Gasteiger partial charge < -0.3 is 14.6 Å². The van der Waals surface area contributed by atoms with Crippen LogP contribution in [-0.4, -0.2) is 18.0 Å². The van der Waals surface area contributed by atoms with Crippen molar-refractivity contribution in [3.05, 3.63) is 109 Å². The van der Waals surface area contributed by atoms with Crippen LogP contribution in [0, 0.1) is 0 Å². The molecule has 0 aliphatic carbocycles. The molecule has 0 atom stereocenters. The molecule has 5 heteroatoms. The van der Waals surface area contributed by atoms with E-state index in [4.69, 9.17) is 4.74 Å². The summed E-state index contributed by atoms with van der Waals surface area (Å²) in [6.07, 6.45) is 0.928. The first-order valence-corrected chi connectivity index (χ1v) is 12.9. The Morgan fingerprint density at radius 2 is 1.54 bits per heavy atom. The number of aldehydes is 1. The van der Waals surface area contributed by atoms with Crippen molar-refractivity contribution in [3.8, 4) is 22.6 Å². The molecule has 1 aromatic heterocycles. The molecule has 0 saturated carbocycles. The number of hydrogen-bond donors (Lipinski definition) is 1. The molecule has 37 heavy (non-hydrogen) atoms. The number of methoxy groups -OCH3 is 1. The highest BCUT2D eigenvalue weighted by molar-refractivity contribution is 7.99. The number of nitrogens with zero attached hydrogens (tertiary/aromatic N) is 1. The van der Waals surface area contributed by atoms with Crippen LogP contribution in [0.5, 0.6) is 5.75 Å². The number of ether oxygens (including phenoxy) is 1. The van der Waals surface area contributed by atoms with Crippen molar-refractivity contribution in [1.29, 1.82) is 0 Å². The van der Waals surface area contributed by atoms with E-state index in [9.17, 15) is 4.79 Å². The van der Waals surface area contributed by atoms with E-state index in [2.05, 4.69) is 76.6 Å². The Balaban J connectivity index is 1.45. The van der Waals surface area contributed by atoms with Gasteiger partial charge in [-0.25, -0.2) is 0 Å². The number of para-hydroxylation sites is 3. The van der Waals surface area contributed by atoms with Gasteiger partial charge in [-0.05, 0) is 54.1 Å². The molecule has 6 aromatic rings. The number of rotatable bonds is 4. The van der Waals surface area contributed by atoms with Crippen molar-refractivity contribution in [2.75, 3.05) is 12.4 Å². The predicted octanol–water partition coefficient (Wildman–Crippen LogP) is 8.48. The quantitative estimate of drug-likeness (QED) is 0.247. The molecule has 0 bridgehead atoms. The summed E-state index contributed by atoms with van der Waals surface area (Å²) in [6, 6.07) is 35.2. The van der Waals surface area contributed by atoms with Crippen LogP contribution in [0.1, 0.15) is 10.4 Å². The standard InChI is InChI=1S/C32H22N2O2S/c1-36-30-12-6-3-9-24(30)22-15-14-21(16-20(22)19-35)34-28-11-5-2-8-23(28)25-17-27-32(18-29(25)34)37-31-13-7-4-10-26(31)33-27/h2-19,33H,1H3. The maximum absolute atomic E-state index is 12.3. The lowest BCUT2D eigenvalue weighted by Gasteiger charge is -2.21. The van der Waals surface area contributed by atoms with E-state index in [-0.39, 0.29) is 0 Å². The highest BCUT2D eigenvalue weighted by atomic mass is 32.2. The van der Waals surface area contributed by atoms with Crippen LogP contribution in [0.3, 0.4) is 0 Å². The van der Waals surface area contributed by atoms with Gasteiger partial charge in [-0.1, -0.05) is 66.4 Å². The number of carbonyl (C=O) groups is 1. The Labute approximate surface area is 218 Å². The van der Waals surface area contributed by atoms with Crippen LogP contribution in [0.15, 0.2) is 113 Å². The van der Waals surface area contributed by atoms with Crippen LogP contribution in [-0.2, 0) is 0 Å². The second-order valence-electron chi connectivity index (χ2n) is 9.03. The molecule has 1 aliphatic rings. The average Bonchev–Trinajstić information content (AvgIpc) is 3.27. The summed E-state index contributed by atoms with van der Waals surface area (Å²) >= 11 is 1.78. The summed E-state index contributed by atoms with van der Waals surface area (Å²) in [7, 11) is 1.65. The van der Waals surface area contributed by atoms with E-state index in [0.29, 0.717) is 5.56 Å². The fourth-order valence-corrected chi connectivity index (χ4v) is 6.28. The maximum Gasteiger partial charge on any atom is 0.150 e. The van der Waals surface area contributed by atoms with Crippen LogP contribution >= 0.6 is 11.8 Å². The van der Waals surface area contributed by atoms with Crippen molar-refractivity contribution in [1.82, 2.24) is 4.57 Å². The van der Waals surface area contributed by atoms with Gasteiger partial charge in [0.2, 0.25) is 0 Å². The largest absolute Gasteiger partial charge is 0.496 e.